The molecule has 17 heavy (non-hydrogen) atoms. The van der Waals surface area contributed by atoms with Gasteiger partial charge in [-0.3, -0.25) is 0 Å². The Bertz CT molecular complexity index is 377. The molecule has 0 spiro atoms. The van der Waals surface area contributed by atoms with E-state index in [-0.39, 0.29) is 5.54 Å². The van der Waals surface area contributed by atoms with E-state index in [1.165, 1.54) is 19.3 Å². The van der Waals surface area contributed by atoms with Gasteiger partial charge in [-0.15, -0.1) is 0 Å². The van der Waals surface area contributed by atoms with Crippen LogP contribution in [0.25, 0.3) is 0 Å². The molecule has 0 aromatic heterocycles. The molecular formula is C15H23NO. The summed E-state index contributed by atoms with van der Waals surface area (Å²) in [6.07, 6.45) is 6.93. The van der Waals surface area contributed by atoms with Crippen LogP contribution in [-0.2, 0) is 6.42 Å². The van der Waals surface area contributed by atoms with Crippen molar-refractivity contribution < 1.29 is 5.11 Å². The van der Waals surface area contributed by atoms with Gasteiger partial charge in [0.2, 0.25) is 0 Å². The molecule has 1 saturated carbocycles. The Morgan fingerprint density at radius 3 is 3.00 bits per heavy atom. The largest absolute Gasteiger partial charge is 0.508 e. The van der Waals surface area contributed by atoms with E-state index in [2.05, 4.69) is 13.0 Å². The summed E-state index contributed by atoms with van der Waals surface area (Å²) < 4.78 is 0. The van der Waals surface area contributed by atoms with Crippen LogP contribution in [0.4, 0.5) is 0 Å². The van der Waals surface area contributed by atoms with Gasteiger partial charge < -0.3 is 10.8 Å². The second-order valence-electron chi connectivity index (χ2n) is 5.58. The Kier molecular flexibility index (Phi) is 3.72. The minimum absolute atomic E-state index is 0.0628. The van der Waals surface area contributed by atoms with Crippen LogP contribution in [0.2, 0.25) is 0 Å². The Hall–Kier alpha value is -1.02. The minimum Gasteiger partial charge on any atom is -0.508 e. The van der Waals surface area contributed by atoms with Crippen LogP contribution in [0.3, 0.4) is 0 Å². The lowest BCUT2D eigenvalue weighted by Gasteiger charge is -2.38. The third kappa shape index (κ3) is 3.22. The molecule has 2 nitrogen and oxygen atoms in total. The van der Waals surface area contributed by atoms with Gasteiger partial charge in [0.1, 0.15) is 5.75 Å². The summed E-state index contributed by atoms with van der Waals surface area (Å²) in [5, 5.41) is 9.48. The fourth-order valence-electron chi connectivity index (χ4n) is 3.10. The zero-order chi connectivity index (χ0) is 12.3. The third-order valence-corrected chi connectivity index (χ3v) is 4.03. The van der Waals surface area contributed by atoms with Crippen molar-refractivity contribution in [2.45, 2.75) is 51.0 Å². The van der Waals surface area contributed by atoms with E-state index >= 15 is 0 Å². The molecule has 1 aromatic carbocycles. The Morgan fingerprint density at radius 1 is 1.47 bits per heavy atom. The average molecular weight is 233 g/mol. The molecule has 2 rings (SSSR count). The summed E-state index contributed by atoms with van der Waals surface area (Å²) in [4.78, 5) is 0. The summed E-state index contributed by atoms with van der Waals surface area (Å²) in [6, 6.07) is 7.50. The first-order chi connectivity index (χ1) is 8.11. The number of nitrogens with two attached hydrogens (primary N) is 1. The maximum absolute atomic E-state index is 9.48. The van der Waals surface area contributed by atoms with Crippen molar-refractivity contribution >= 4 is 0 Å². The van der Waals surface area contributed by atoms with Crippen LogP contribution in [0, 0.1) is 5.92 Å². The van der Waals surface area contributed by atoms with Gasteiger partial charge in [-0.25, -0.2) is 0 Å². The van der Waals surface area contributed by atoms with Crippen molar-refractivity contribution in [3.05, 3.63) is 29.8 Å². The topological polar surface area (TPSA) is 46.2 Å². The molecule has 0 aliphatic heterocycles. The lowest BCUT2D eigenvalue weighted by atomic mass is 9.72. The zero-order valence-corrected chi connectivity index (χ0v) is 10.7. The van der Waals surface area contributed by atoms with E-state index in [0.29, 0.717) is 5.75 Å². The highest BCUT2D eigenvalue weighted by Crippen LogP contribution is 2.34. The number of hydrogen-bond donors (Lipinski definition) is 2. The molecule has 0 radical (unpaired) electrons. The van der Waals surface area contributed by atoms with Gasteiger partial charge in [0.05, 0.1) is 0 Å². The molecule has 1 fully saturated rings. The first kappa shape index (κ1) is 12.4. The van der Waals surface area contributed by atoms with Crippen molar-refractivity contribution in [2.75, 3.05) is 0 Å². The van der Waals surface area contributed by atoms with Crippen LogP contribution < -0.4 is 5.73 Å². The first-order valence-electron chi connectivity index (χ1n) is 6.68. The second-order valence-corrected chi connectivity index (χ2v) is 5.58. The minimum atomic E-state index is -0.0628. The van der Waals surface area contributed by atoms with E-state index in [1.54, 1.807) is 6.07 Å². The Balaban J connectivity index is 2.06. The number of rotatable bonds is 3. The predicted molar refractivity (Wildman–Crippen MR) is 71.0 cm³/mol. The first-order valence-corrected chi connectivity index (χ1v) is 6.68. The number of aromatic hydroxyl groups is 1. The third-order valence-electron chi connectivity index (χ3n) is 4.03. The van der Waals surface area contributed by atoms with Crippen molar-refractivity contribution in [3.63, 3.8) is 0 Å². The summed E-state index contributed by atoms with van der Waals surface area (Å²) in [5.41, 5.74) is 7.62. The smallest absolute Gasteiger partial charge is 0.115 e. The van der Waals surface area contributed by atoms with E-state index < -0.39 is 0 Å². The van der Waals surface area contributed by atoms with Crippen molar-refractivity contribution in [2.24, 2.45) is 11.7 Å². The van der Waals surface area contributed by atoms with Crippen LogP contribution in [0.1, 0.15) is 44.6 Å². The molecule has 0 heterocycles. The monoisotopic (exact) mass is 233 g/mol. The highest BCUT2D eigenvalue weighted by Gasteiger charge is 2.32. The summed E-state index contributed by atoms with van der Waals surface area (Å²) >= 11 is 0. The van der Waals surface area contributed by atoms with Gasteiger partial charge in [-0.05, 0) is 42.9 Å². The van der Waals surface area contributed by atoms with Gasteiger partial charge >= 0.3 is 0 Å². The predicted octanol–water partition coefficient (Wildman–Crippen LogP) is 3.23. The summed E-state index contributed by atoms with van der Waals surface area (Å²) in [7, 11) is 0. The molecule has 0 bridgehead atoms. The maximum Gasteiger partial charge on any atom is 0.115 e. The molecule has 1 aromatic rings. The van der Waals surface area contributed by atoms with Crippen molar-refractivity contribution in [1.82, 2.24) is 0 Å². The number of hydrogen-bond acceptors (Lipinski definition) is 2. The van der Waals surface area contributed by atoms with E-state index in [0.717, 1.165) is 30.7 Å². The van der Waals surface area contributed by atoms with Gasteiger partial charge in [0.25, 0.3) is 0 Å². The number of phenols is 1. The molecule has 3 N–H and O–H groups in total. The molecule has 0 amide bonds. The summed E-state index contributed by atoms with van der Waals surface area (Å²) in [5.74, 6) is 1.13. The van der Waals surface area contributed by atoms with Crippen LogP contribution in [0.15, 0.2) is 24.3 Å². The van der Waals surface area contributed by atoms with Crippen molar-refractivity contribution in [1.29, 1.82) is 0 Å². The number of phenolic OH excluding ortho intramolecular Hbond substituents is 1. The quantitative estimate of drug-likeness (QED) is 0.842. The fraction of sp³-hybridized carbons (Fsp3) is 0.600. The normalized spacial score (nSPS) is 29.2. The molecule has 1 aliphatic rings. The van der Waals surface area contributed by atoms with E-state index in [1.807, 2.05) is 12.1 Å². The Morgan fingerprint density at radius 2 is 2.29 bits per heavy atom. The zero-order valence-electron chi connectivity index (χ0n) is 10.7. The molecule has 2 atom stereocenters. The fourth-order valence-corrected chi connectivity index (χ4v) is 3.10. The highest BCUT2D eigenvalue weighted by molar-refractivity contribution is 5.28. The lowest BCUT2D eigenvalue weighted by Crippen LogP contribution is -2.46. The standard InChI is InChI=1S/C15H23NO/c1-2-12-6-4-8-15(16,10-12)11-13-5-3-7-14(17)9-13/h3,5,7,9,12,17H,2,4,6,8,10-11,16H2,1H3. The second kappa shape index (κ2) is 5.09. The Labute approximate surface area is 104 Å². The van der Waals surface area contributed by atoms with Gasteiger partial charge in [0.15, 0.2) is 0 Å². The maximum atomic E-state index is 9.48. The molecule has 0 saturated heterocycles. The van der Waals surface area contributed by atoms with Gasteiger partial charge in [0, 0.05) is 5.54 Å². The van der Waals surface area contributed by atoms with E-state index in [9.17, 15) is 5.11 Å². The lowest BCUT2D eigenvalue weighted by molar-refractivity contribution is 0.218. The van der Waals surface area contributed by atoms with E-state index in [4.69, 9.17) is 5.73 Å². The molecule has 94 valence electrons. The van der Waals surface area contributed by atoms with Gasteiger partial charge in [-0.1, -0.05) is 38.3 Å². The number of benzene rings is 1. The highest BCUT2D eigenvalue weighted by atomic mass is 16.3. The van der Waals surface area contributed by atoms with Gasteiger partial charge in [-0.2, -0.15) is 0 Å². The van der Waals surface area contributed by atoms with Crippen molar-refractivity contribution in [3.8, 4) is 5.75 Å². The molecule has 2 heteroatoms. The van der Waals surface area contributed by atoms with Crippen LogP contribution in [-0.4, -0.2) is 10.6 Å². The van der Waals surface area contributed by atoms with Crippen LogP contribution in [0.5, 0.6) is 5.75 Å². The molecular weight excluding hydrogens is 210 g/mol. The molecule has 2 unspecified atom stereocenters. The van der Waals surface area contributed by atoms with Crippen LogP contribution >= 0.6 is 0 Å². The SMILES string of the molecule is CCC1CCCC(N)(Cc2cccc(O)c2)C1. The average Bonchev–Trinajstić information content (AvgIpc) is 2.28. The summed E-state index contributed by atoms with van der Waals surface area (Å²) in [6.45, 7) is 2.25. The molecule has 1 aliphatic carbocycles.